The van der Waals surface area contributed by atoms with Gasteiger partial charge in [0.15, 0.2) is 0 Å². The second-order valence-electron chi connectivity index (χ2n) is 12.2. The fourth-order valence-corrected chi connectivity index (χ4v) is 8.35. The smallest absolute Gasteiger partial charge is 0.332 e. The second-order valence-corrected chi connectivity index (χ2v) is 12.2. The van der Waals surface area contributed by atoms with Crippen LogP contribution in [0.3, 0.4) is 0 Å². The number of fused-ring (bicyclic) bond motifs is 3. The number of hydrazone groups is 1. The molecule has 0 saturated heterocycles. The van der Waals surface area contributed by atoms with Gasteiger partial charge in [-0.25, -0.2) is 10.2 Å². The van der Waals surface area contributed by atoms with Crippen LogP contribution in [0.25, 0.3) is 0 Å². The second kappa shape index (κ2) is 10.3. The van der Waals surface area contributed by atoms with Crippen LogP contribution in [0, 0.1) is 46.3 Å². The van der Waals surface area contributed by atoms with E-state index in [1.54, 1.807) is 0 Å². The summed E-state index contributed by atoms with van der Waals surface area (Å²) < 4.78 is 0. The molecule has 0 aromatic rings. The molecule has 7 atom stereocenters. The predicted octanol–water partition coefficient (Wildman–Crippen LogP) is 7.30. The summed E-state index contributed by atoms with van der Waals surface area (Å²) in [5, 5.41) is 4.53. The number of allylic oxidation sites excluding steroid dienone is 1. The van der Waals surface area contributed by atoms with Crippen molar-refractivity contribution in [3.63, 3.8) is 0 Å². The number of nitrogens with zero attached hydrogens (tertiary/aromatic N) is 1. The van der Waals surface area contributed by atoms with Crippen molar-refractivity contribution in [2.45, 2.75) is 105 Å². The molecular formula is C28H49N3O. The van der Waals surface area contributed by atoms with Crippen molar-refractivity contribution in [1.29, 1.82) is 0 Å². The predicted molar refractivity (Wildman–Crippen MR) is 135 cm³/mol. The van der Waals surface area contributed by atoms with Crippen molar-refractivity contribution in [3.05, 3.63) is 12.7 Å². The minimum atomic E-state index is -0.563. The summed E-state index contributed by atoms with van der Waals surface area (Å²) in [6.07, 6.45) is 15.9. The third kappa shape index (κ3) is 4.94. The molecule has 3 rings (SSSR count). The van der Waals surface area contributed by atoms with E-state index in [0.29, 0.717) is 11.3 Å². The highest BCUT2D eigenvalue weighted by atomic mass is 16.2. The highest BCUT2D eigenvalue weighted by molar-refractivity contribution is 5.92. The molecule has 0 aromatic carbocycles. The number of carbonyl (C=O) groups is 1. The Kier molecular flexibility index (Phi) is 8.15. The van der Waals surface area contributed by atoms with Gasteiger partial charge in [-0.3, -0.25) is 0 Å². The molecule has 3 N–H and O–H groups in total. The number of primary amides is 1. The van der Waals surface area contributed by atoms with Crippen LogP contribution < -0.4 is 11.2 Å². The molecule has 0 aromatic heterocycles. The molecule has 4 nitrogen and oxygen atoms in total. The Hall–Kier alpha value is -1.32. The van der Waals surface area contributed by atoms with E-state index in [4.69, 9.17) is 5.73 Å². The van der Waals surface area contributed by atoms with Crippen LogP contribution in [0.15, 0.2) is 17.8 Å². The molecule has 3 aliphatic rings. The highest BCUT2D eigenvalue weighted by Crippen LogP contribution is 2.66. The molecule has 2 amide bonds. The van der Waals surface area contributed by atoms with Gasteiger partial charge in [-0.1, -0.05) is 60.0 Å². The average Bonchev–Trinajstić information content (AvgIpc) is 3.08. The third-order valence-electron chi connectivity index (χ3n) is 10.00. The Balaban J connectivity index is 1.78. The number of nitrogens with two attached hydrogens (primary N) is 1. The van der Waals surface area contributed by atoms with Crippen LogP contribution in [0.5, 0.6) is 0 Å². The maximum absolute atomic E-state index is 11.3. The molecule has 0 unspecified atom stereocenters. The molecular weight excluding hydrogens is 394 g/mol. The Morgan fingerprint density at radius 1 is 1.19 bits per heavy atom. The summed E-state index contributed by atoms with van der Waals surface area (Å²) >= 11 is 0. The van der Waals surface area contributed by atoms with E-state index in [-0.39, 0.29) is 5.41 Å². The Labute approximate surface area is 197 Å². The maximum Gasteiger partial charge on any atom is 0.332 e. The quantitative estimate of drug-likeness (QED) is 0.285. The number of urea groups is 1. The van der Waals surface area contributed by atoms with Crippen LogP contribution in [-0.4, -0.2) is 11.7 Å². The number of hydrogen-bond acceptors (Lipinski definition) is 2. The van der Waals surface area contributed by atoms with Crippen molar-refractivity contribution in [1.82, 2.24) is 5.43 Å². The summed E-state index contributed by atoms with van der Waals surface area (Å²) in [6.45, 7) is 16.3. The van der Waals surface area contributed by atoms with Gasteiger partial charge in [-0.15, -0.1) is 6.58 Å². The lowest BCUT2D eigenvalue weighted by atomic mass is 9.47. The zero-order chi connectivity index (χ0) is 23.5. The fourth-order valence-electron chi connectivity index (χ4n) is 8.35. The highest BCUT2D eigenvalue weighted by Gasteiger charge is 2.59. The average molecular weight is 444 g/mol. The lowest BCUT2D eigenvalue weighted by Gasteiger charge is -2.57. The van der Waals surface area contributed by atoms with E-state index in [2.05, 4.69) is 51.7 Å². The zero-order valence-electron chi connectivity index (χ0n) is 21.5. The number of hydrogen-bond donors (Lipinski definition) is 2. The van der Waals surface area contributed by atoms with Gasteiger partial charge in [0.1, 0.15) is 0 Å². The molecule has 0 radical (unpaired) electrons. The van der Waals surface area contributed by atoms with Crippen LogP contribution in [0.1, 0.15) is 105 Å². The van der Waals surface area contributed by atoms with Crippen LogP contribution in [-0.2, 0) is 0 Å². The minimum Gasteiger partial charge on any atom is -0.350 e. The van der Waals surface area contributed by atoms with Crippen LogP contribution in [0.2, 0.25) is 0 Å². The van der Waals surface area contributed by atoms with Gasteiger partial charge in [-0.2, -0.15) is 5.10 Å². The zero-order valence-corrected chi connectivity index (χ0v) is 21.5. The first-order valence-corrected chi connectivity index (χ1v) is 13.4. The van der Waals surface area contributed by atoms with Gasteiger partial charge in [0.2, 0.25) is 0 Å². The fraction of sp³-hybridized carbons (Fsp3) is 0.857. The van der Waals surface area contributed by atoms with Crippen LogP contribution >= 0.6 is 0 Å². The summed E-state index contributed by atoms with van der Waals surface area (Å²) in [5.41, 5.74) is 9.57. The first kappa shape index (κ1) is 25.3. The van der Waals surface area contributed by atoms with E-state index in [0.717, 1.165) is 54.6 Å². The van der Waals surface area contributed by atoms with E-state index in [1.165, 1.54) is 51.4 Å². The van der Waals surface area contributed by atoms with Crippen molar-refractivity contribution < 1.29 is 4.79 Å². The molecule has 32 heavy (non-hydrogen) atoms. The summed E-state index contributed by atoms with van der Waals surface area (Å²) in [5.74, 6) is 4.81. The van der Waals surface area contributed by atoms with Crippen molar-refractivity contribution >= 4 is 11.7 Å². The largest absolute Gasteiger partial charge is 0.350 e. The SMILES string of the molecule is C=CCC[C@]1(C)/C(=N\NC(N)=O)CC[C@H]2[C@@H]3CC[C@@H]([C@@H](C)CCCC(C)C)[C@@]3(C)CC[C@@H]21. The Bertz CT molecular complexity index is 701. The molecule has 3 saturated carbocycles. The molecule has 0 aliphatic heterocycles. The lowest BCUT2D eigenvalue weighted by molar-refractivity contribution is -0.0439. The van der Waals surface area contributed by atoms with Gasteiger partial charge in [0.25, 0.3) is 0 Å². The number of carbonyl (C=O) groups excluding carboxylic acids is 1. The Morgan fingerprint density at radius 3 is 2.59 bits per heavy atom. The van der Waals surface area contributed by atoms with Crippen molar-refractivity contribution in [2.24, 2.45) is 57.2 Å². The first-order valence-electron chi connectivity index (χ1n) is 13.4. The molecule has 3 aliphatic carbocycles. The topological polar surface area (TPSA) is 67.5 Å². The van der Waals surface area contributed by atoms with Crippen molar-refractivity contribution in [2.75, 3.05) is 0 Å². The summed E-state index contributed by atoms with van der Waals surface area (Å²) in [6, 6.07) is -0.563. The van der Waals surface area contributed by atoms with Gasteiger partial charge >= 0.3 is 6.03 Å². The van der Waals surface area contributed by atoms with Gasteiger partial charge < -0.3 is 5.73 Å². The van der Waals surface area contributed by atoms with Crippen LogP contribution in [0.4, 0.5) is 4.79 Å². The normalized spacial score (nSPS) is 38.9. The number of amides is 2. The van der Waals surface area contributed by atoms with E-state index in [1.807, 2.05) is 6.08 Å². The van der Waals surface area contributed by atoms with E-state index < -0.39 is 6.03 Å². The minimum absolute atomic E-state index is 0.0296. The lowest BCUT2D eigenvalue weighted by Crippen LogP contribution is -2.53. The molecule has 0 spiro atoms. The number of nitrogens with one attached hydrogen (secondary N) is 1. The number of rotatable bonds is 9. The van der Waals surface area contributed by atoms with E-state index >= 15 is 0 Å². The molecule has 0 bridgehead atoms. The van der Waals surface area contributed by atoms with Gasteiger partial charge in [0, 0.05) is 11.1 Å². The molecule has 4 heteroatoms. The van der Waals surface area contributed by atoms with Crippen molar-refractivity contribution in [3.8, 4) is 0 Å². The molecule has 0 heterocycles. The summed E-state index contributed by atoms with van der Waals surface area (Å²) in [4.78, 5) is 11.3. The molecule has 3 fully saturated rings. The van der Waals surface area contributed by atoms with Gasteiger partial charge in [0.05, 0.1) is 0 Å². The monoisotopic (exact) mass is 443 g/mol. The van der Waals surface area contributed by atoms with E-state index in [9.17, 15) is 4.79 Å². The third-order valence-corrected chi connectivity index (χ3v) is 10.00. The molecule has 182 valence electrons. The summed E-state index contributed by atoms with van der Waals surface area (Å²) in [7, 11) is 0. The van der Waals surface area contributed by atoms with Gasteiger partial charge in [-0.05, 0) is 92.3 Å². The Morgan fingerprint density at radius 2 is 1.94 bits per heavy atom. The first-order chi connectivity index (χ1) is 15.1. The standard InChI is InChI=1S/C28H49N3O/c1-7-8-17-28(6)24-16-18-27(5)22(20(4)11-9-10-19(2)3)13-14-23(27)21(24)12-15-25(28)30-31-26(29)32/h7,19-24H,1,8-18H2,2-6H3,(H3,29,31,32)/b30-25-/t20-,21-,22-,23-,24-,27+,28-/m0/s1. The maximum atomic E-state index is 11.3.